The van der Waals surface area contributed by atoms with Gasteiger partial charge in [-0.15, -0.1) is 0 Å². The molecule has 0 fully saturated rings. The number of carbonyl (C=O) groups is 1. The van der Waals surface area contributed by atoms with Crippen LogP contribution in [0.4, 0.5) is 5.69 Å². The maximum Gasteiger partial charge on any atom is 0.257 e. The predicted molar refractivity (Wildman–Crippen MR) is 120 cm³/mol. The maximum absolute atomic E-state index is 12.6. The van der Waals surface area contributed by atoms with E-state index in [0.29, 0.717) is 44.8 Å². The number of fused-ring (bicyclic) bond motifs is 1. The molecule has 6 nitrogen and oxygen atoms in total. The fourth-order valence-electron chi connectivity index (χ4n) is 2.97. The molecular weight excluding hydrogens is 472 g/mol. The summed E-state index contributed by atoms with van der Waals surface area (Å²) in [5.41, 5.74) is 2.90. The SMILES string of the molecule is COc1ccc(-c2nc3cc(NC(=O)c4cc(Br)ccc4Cl)ccc3o2)cc1OC. The largest absolute Gasteiger partial charge is 0.493 e. The highest BCUT2D eigenvalue weighted by Gasteiger charge is 2.14. The summed E-state index contributed by atoms with van der Waals surface area (Å²) in [6, 6.07) is 15.8. The quantitative estimate of drug-likeness (QED) is 0.364. The molecule has 0 aliphatic carbocycles. The Labute approximate surface area is 185 Å². The van der Waals surface area contributed by atoms with Crippen molar-refractivity contribution in [2.45, 2.75) is 0 Å². The first-order valence-electron chi connectivity index (χ1n) is 8.88. The van der Waals surface area contributed by atoms with Crippen molar-refractivity contribution in [3.8, 4) is 23.0 Å². The Hall–Kier alpha value is -3.03. The average molecular weight is 488 g/mol. The first kappa shape index (κ1) is 20.3. The van der Waals surface area contributed by atoms with Gasteiger partial charge in [-0.2, -0.15) is 0 Å². The molecule has 8 heteroatoms. The van der Waals surface area contributed by atoms with Crippen molar-refractivity contribution in [3.63, 3.8) is 0 Å². The van der Waals surface area contributed by atoms with Crippen LogP contribution >= 0.6 is 27.5 Å². The smallest absolute Gasteiger partial charge is 0.257 e. The monoisotopic (exact) mass is 486 g/mol. The summed E-state index contributed by atoms with van der Waals surface area (Å²) >= 11 is 9.49. The third-order valence-electron chi connectivity index (χ3n) is 4.45. The Morgan fingerprint density at radius 1 is 1.03 bits per heavy atom. The molecular formula is C22H16BrClN2O4. The molecule has 1 aromatic heterocycles. The highest BCUT2D eigenvalue weighted by atomic mass is 79.9. The second-order valence-corrected chi connectivity index (χ2v) is 7.67. The first-order chi connectivity index (χ1) is 14.5. The molecule has 1 amide bonds. The van der Waals surface area contributed by atoms with E-state index >= 15 is 0 Å². The van der Waals surface area contributed by atoms with Crippen molar-refractivity contribution >= 4 is 50.2 Å². The number of oxazole rings is 1. The molecule has 0 unspecified atom stereocenters. The number of anilines is 1. The van der Waals surface area contributed by atoms with E-state index in [9.17, 15) is 4.79 Å². The predicted octanol–water partition coefficient (Wildman–Crippen LogP) is 6.18. The van der Waals surface area contributed by atoms with Crippen molar-refractivity contribution in [2.24, 2.45) is 0 Å². The van der Waals surface area contributed by atoms with Gasteiger partial charge in [0.05, 0.1) is 24.8 Å². The first-order valence-corrected chi connectivity index (χ1v) is 10.0. The van der Waals surface area contributed by atoms with Gasteiger partial charge in [-0.05, 0) is 54.6 Å². The Bertz CT molecular complexity index is 1260. The standard InChI is InChI=1S/C22H16BrClN2O4/c1-28-19-7-3-12(9-20(19)29-2)22-26-17-11-14(5-8-18(17)30-22)25-21(27)15-10-13(23)4-6-16(15)24/h3-11H,1-2H3,(H,25,27). The Morgan fingerprint density at radius 2 is 1.83 bits per heavy atom. The van der Waals surface area contributed by atoms with Crippen LogP contribution in [0, 0.1) is 0 Å². The van der Waals surface area contributed by atoms with E-state index in [1.807, 2.05) is 6.07 Å². The summed E-state index contributed by atoms with van der Waals surface area (Å²) in [6.07, 6.45) is 0. The van der Waals surface area contributed by atoms with E-state index < -0.39 is 0 Å². The molecule has 4 rings (SSSR count). The molecule has 3 aromatic carbocycles. The fraction of sp³-hybridized carbons (Fsp3) is 0.0909. The molecule has 1 N–H and O–H groups in total. The van der Waals surface area contributed by atoms with Crippen LogP contribution in [0.5, 0.6) is 11.5 Å². The van der Waals surface area contributed by atoms with E-state index in [4.69, 9.17) is 25.5 Å². The van der Waals surface area contributed by atoms with Crippen LogP contribution in [0.2, 0.25) is 5.02 Å². The average Bonchev–Trinajstić information content (AvgIpc) is 3.18. The minimum atomic E-state index is -0.316. The van der Waals surface area contributed by atoms with Gasteiger partial charge in [-0.25, -0.2) is 4.98 Å². The Morgan fingerprint density at radius 3 is 2.60 bits per heavy atom. The normalized spacial score (nSPS) is 10.8. The summed E-state index contributed by atoms with van der Waals surface area (Å²) in [5, 5.41) is 3.21. The zero-order valence-electron chi connectivity index (χ0n) is 16.0. The third kappa shape index (κ3) is 3.99. The number of halogens is 2. The fourth-order valence-corrected chi connectivity index (χ4v) is 3.53. The van der Waals surface area contributed by atoms with E-state index in [1.54, 1.807) is 62.8 Å². The summed E-state index contributed by atoms with van der Waals surface area (Å²) in [5.74, 6) is 1.32. The molecule has 0 bridgehead atoms. The van der Waals surface area contributed by atoms with E-state index in [-0.39, 0.29) is 5.91 Å². The van der Waals surface area contributed by atoms with Crippen LogP contribution in [0.3, 0.4) is 0 Å². The van der Waals surface area contributed by atoms with E-state index in [0.717, 1.165) is 10.0 Å². The number of carbonyl (C=O) groups excluding carboxylic acids is 1. The molecule has 152 valence electrons. The number of nitrogens with one attached hydrogen (secondary N) is 1. The minimum Gasteiger partial charge on any atom is -0.493 e. The van der Waals surface area contributed by atoms with Gasteiger partial charge >= 0.3 is 0 Å². The zero-order valence-corrected chi connectivity index (χ0v) is 18.4. The lowest BCUT2D eigenvalue weighted by Crippen LogP contribution is -2.12. The molecule has 0 aliphatic rings. The van der Waals surface area contributed by atoms with Crippen molar-refractivity contribution in [1.82, 2.24) is 4.98 Å². The Kier molecular flexibility index (Phi) is 5.65. The van der Waals surface area contributed by atoms with Crippen LogP contribution in [0.1, 0.15) is 10.4 Å². The minimum absolute atomic E-state index is 0.316. The summed E-state index contributed by atoms with van der Waals surface area (Å²) in [7, 11) is 3.15. The number of ether oxygens (including phenoxy) is 2. The number of amides is 1. The maximum atomic E-state index is 12.6. The number of aromatic nitrogens is 1. The molecule has 30 heavy (non-hydrogen) atoms. The third-order valence-corrected chi connectivity index (χ3v) is 5.27. The molecule has 0 spiro atoms. The van der Waals surface area contributed by atoms with E-state index in [2.05, 4.69) is 26.2 Å². The lowest BCUT2D eigenvalue weighted by Gasteiger charge is -2.07. The molecule has 1 heterocycles. The second kappa shape index (κ2) is 8.38. The number of methoxy groups -OCH3 is 2. The lowest BCUT2D eigenvalue weighted by molar-refractivity contribution is 0.102. The van der Waals surface area contributed by atoms with Crippen LogP contribution in [0.25, 0.3) is 22.6 Å². The zero-order chi connectivity index (χ0) is 21.3. The molecule has 4 aromatic rings. The number of hydrogen-bond acceptors (Lipinski definition) is 5. The van der Waals surface area contributed by atoms with Crippen LogP contribution in [0.15, 0.2) is 63.5 Å². The second-order valence-electron chi connectivity index (χ2n) is 6.35. The van der Waals surface area contributed by atoms with Gasteiger partial charge in [0.25, 0.3) is 5.91 Å². The topological polar surface area (TPSA) is 73.6 Å². The number of benzene rings is 3. The number of hydrogen-bond donors (Lipinski definition) is 1. The molecule has 0 atom stereocenters. The molecule has 0 saturated carbocycles. The van der Waals surface area contributed by atoms with Crippen molar-refractivity contribution in [1.29, 1.82) is 0 Å². The number of nitrogens with zero attached hydrogens (tertiary/aromatic N) is 1. The van der Waals surface area contributed by atoms with Gasteiger partial charge < -0.3 is 19.2 Å². The highest BCUT2D eigenvalue weighted by Crippen LogP contribution is 2.33. The van der Waals surface area contributed by atoms with Gasteiger partial charge in [0.2, 0.25) is 5.89 Å². The van der Waals surface area contributed by atoms with Gasteiger partial charge in [0, 0.05) is 15.7 Å². The summed E-state index contributed by atoms with van der Waals surface area (Å²) in [4.78, 5) is 17.1. The molecule has 0 radical (unpaired) electrons. The van der Waals surface area contributed by atoms with Gasteiger partial charge in [-0.1, -0.05) is 27.5 Å². The van der Waals surface area contributed by atoms with Crippen molar-refractivity contribution in [3.05, 3.63) is 69.7 Å². The van der Waals surface area contributed by atoms with Gasteiger partial charge in [-0.3, -0.25) is 4.79 Å². The number of rotatable bonds is 5. The summed E-state index contributed by atoms with van der Waals surface area (Å²) < 4.78 is 17.2. The van der Waals surface area contributed by atoms with Gasteiger partial charge in [0.1, 0.15) is 5.52 Å². The van der Waals surface area contributed by atoms with Crippen LogP contribution in [-0.2, 0) is 0 Å². The molecule has 0 aliphatic heterocycles. The summed E-state index contributed by atoms with van der Waals surface area (Å²) in [6.45, 7) is 0. The van der Waals surface area contributed by atoms with E-state index in [1.165, 1.54) is 0 Å². The van der Waals surface area contributed by atoms with Crippen molar-refractivity contribution < 1.29 is 18.7 Å². The van der Waals surface area contributed by atoms with Gasteiger partial charge in [0.15, 0.2) is 17.1 Å². The lowest BCUT2D eigenvalue weighted by atomic mass is 10.2. The highest BCUT2D eigenvalue weighted by molar-refractivity contribution is 9.10. The Balaban J connectivity index is 1.63. The van der Waals surface area contributed by atoms with Crippen molar-refractivity contribution in [2.75, 3.05) is 19.5 Å². The van der Waals surface area contributed by atoms with Crippen LogP contribution in [-0.4, -0.2) is 25.1 Å². The molecule has 0 saturated heterocycles. The van der Waals surface area contributed by atoms with Crippen LogP contribution < -0.4 is 14.8 Å².